The highest BCUT2D eigenvalue weighted by atomic mass is 35.5. The van der Waals surface area contributed by atoms with E-state index in [1.54, 1.807) is 17.0 Å². The summed E-state index contributed by atoms with van der Waals surface area (Å²) in [4.78, 5) is 18.7. The lowest BCUT2D eigenvalue weighted by Gasteiger charge is -2.24. The molecule has 4 nitrogen and oxygen atoms in total. The summed E-state index contributed by atoms with van der Waals surface area (Å²) in [5.41, 5.74) is -0.236. The van der Waals surface area contributed by atoms with Crippen LogP contribution >= 0.6 is 11.6 Å². The van der Waals surface area contributed by atoms with Crippen molar-refractivity contribution in [1.29, 1.82) is 0 Å². The van der Waals surface area contributed by atoms with Crippen LogP contribution in [0.2, 0.25) is 0 Å². The summed E-state index contributed by atoms with van der Waals surface area (Å²) in [5.74, 6) is 1.67. The van der Waals surface area contributed by atoms with Crippen molar-refractivity contribution >= 4 is 17.4 Å². The van der Waals surface area contributed by atoms with Crippen LogP contribution in [0.15, 0.2) is 17.2 Å². The maximum absolute atomic E-state index is 12.4. The molecule has 0 amide bonds. The van der Waals surface area contributed by atoms with Crippen LogP contribution in [0.1, 0.15) is 27.2 Å². The molecule has 5 heteroatoms. The van der Waals surface area contributed by atoms with Gasteiger partial charge in [0, 0.05) is 36.9 Å². The first-order chi connectivity index (χ1) is 8.43. The molecule has 18 heavy (non-hydrogen) atoms. The minimum atomic E-state index is -0.222. The van der Waals surface area contributed by atoms with Crippen LogP contribution in [-0.2, 0) is 5.54 Å². The van der Waals surface area contributed by atoms with Crippen LogP contribution in [0.5, 0.6) is 0 Å². The zero-order valence-corrected chi connectivity index (χ0v) is 11.9. The number of hydrogen-bond donors (Lipinski definition) is 0. The molecule has 0 radical (unpaired) electrons. The number of aromatic nitrogens is 2. The molecule has 1 fully saturated rings. The summed E-state index contributed by atoms with van der Waals surface area (Å²) in [7, 11) is 0. The quantitative estimate of drug-likeness (QED) is 0.772. The van der Waals surface area contributed by atoms with Crippen molar-refractivity contribution in [2.24, 2.45) is 5.92 Å². The van der Waals surface area contributed by atoms with Gasteiger partial charge in [-0.25, -0.2) is 4.98 Å². The Morgan fingerprint density at radius 3 is 2.78 bits per heavy atom. The van der Waals surface area contributed by atoms with E-state index in [0.29, 0.717) is 17.6 Å². The molecule has 0 N–H and O–H groups in total. The lowest BCUT2D eigenvalue weighted by atomic mass is 10.1. The number of hydrogen-bond acceptors (Lipinski definition) is 3. The molecule has 0 aromatic carbocycles. The van der Waals surface area contributed by atoms with Gasteiger partial charge in [0.05, 0.1) is 0 Å². The van der Waals surface area contributed by atoms with Gasteiger partial charge in [-0.05, 0) is 33.1 Å². The minimum absolute atomic E-state index is 0.0137. The summed E-state index contributed by atoms with van der Waals surface area (Å²) in [6.07, 6.45) is 4.49. The van der Waals surface area contributed by atoms with Crippen molar-refractivity contribution in [2.45, 2.75) is 32.7 Å². The maximum atomic E-state index is 12.4. The third-order valence-corrected chi connectivity index (χ3v) is 3.79. The number of anilines is 1. The molecular weight excluding hydrogens is 250 g/mol. The van der Waals surface area contributed by atoms with Crippen molar-refractivity contribution in [1.82, 2.24) is 9.55 Å². The molecule has 1 aliphatic rings. The summed E-state index contributed by atoms with van der Waals surface area (Å²) in [6, 6.07) is 0. The van der Waals surface area contributed by atoms with Gasteiger partial charge in [0.2, 0.25) is 0 Å². The molecule has 2 rings (SSSR count). The highest BCUT2D eigenvalue weighted by Crippen LogP contribution is 2.21. The molecule has 1 unspecified atom stereocenters. The average molecular weight is 270 g/mol. The number of alkyl halides is 1. The average Bonchev–Trinajstić information content (AvgIpc) is 2.76. The molecule has 2 heterocycles. The van der Waals surface area contributed by atoms with Gasteiger partial charge in [-0.15, -0.1) is 11.6 Å². The fraction of sp³-hybridized carbons (Fsp3) is 0.692. The Bertz CT molecular complexity index is 478. The second-order valence-corrected chi connectivity index (χ2v) is 6.16. The molecule has 1 saturated heterocycles. The fourth-order valence-electron chi connectivity index (χ4n) is 2.30. The Morgan fingerprint density at radius 2 is 2.22 bits per heavy atom. The number of nitrogens with zero attached hydrogens (tertiary/aromatic N) is 3. The SMILES string of the molecule is CC(C)(C)n1ccnc(N2CCC(CCl)C2)c1=O. The third kappa shape index (κ3) is 2.53. The fourth-order valence-corrected chi connectivity index (χ4v) is 2.55. The van der Waals surface area contributed by atoms with E-state index < -0.39 is 0 Å². The first-order valence-electron chi connectivity index (χ1n) is 6.32. The predicted octanol–water partition coefficient (Wildman–Crippen LogP) is 2.06. The molecule has 1 aromatic rings. The van der Waals surface area contributed by atoms with Gasteiger partial charge in [-0.3, -0.25) is 4.79 Å². The summed E-state index contributed by atoms with van der Waals surface area (Å²) in [6.45, 7) is 7.75. The minimum Gasteiger partial charge on any atom is -0.352 e. The summed E-state index contributed by atoms with van der Waals surface area (Å²) in [5, 5.41) is 0. The van der Waals surface area contributed by atoms with Crippen molar-refractivity contribution in [3.05, 3.63) is 22.7 Å². The van der Waals surface area contributed by atoms with Crippen LogP contribution in [0.3, 0.4) is 0 Å². The third-order valence-electron chi connectivity index (χ3n) is 3.35. The molecule has 1 aliphatic heterocycles. The Morgan fingerprint density at radius 1 is 1.50 bits per heavy atom. The summed E-state index contributed by atoms with van der Waals surface area (Å²) < 4.78 is 1.74. The zero-order chi connectivity index (χ0) is 13.3. The van der Waals surface area contributed by atoms with Gasteiger partial charge in [0.1, 0.15) is 0 Å². The zero-order valence-electron chi connectivity index (χ0n) is 11.2. The second kappa shape index (κ2) is 4.92. The smallest absolute Gasteiger partial charge is 0.293 e. The molecular formula is C13H20ClN3O. The van der Waals surface area contributed by atoms with Crippen LogP contribution in [0, 0.1) is 5.92 Å². The second-order valence-electron chi connectivity index (χ2n) is 5.85. The van der Waals surface area contributed by atoms with E-state index in [9.17, 15) is 4.79 Å². The highest BCUT2D eigenvalue weighted by molar-refractivity contribution is 6.18. The largest absolute Gasteiger partial charge is 0.352 e. The van der Waals surface area contributed by atoms with Gasteiger partial charge in [-0.2, -0.15) is 0 Å². The van der Waals surface area contributed by atoms with Gasteiger partial charge in [0.15, 0.2) is 5.82 Å². The highest BCUT2D eigenvalue weighted by Gasteiger charge is 2.26. The first kappa shape index (κ1) is 13.4. The molecule has 1 atom stereocenters. The Balaban J connectivity index is 2.33. The van der Waals surface area contributed by atoms with E-state index >= 15 is 0 Å². The Hall–Kier alpha value is -1.03. The van der Waals surface area contributed by atoms with E-state index in [1.165, 1.54) is 0 Å². The van der Waals surface area contributed by atoms with Crippen LogP contribution in [0.4, 0.5) is 5.82 Å². The van der Waals surface area contributed by atoms with Gasteiger partial charge < -0.3 is 9.47 Å². The lowest BCUT2D eigenvalue weighted by Crippen LogP contribution is -2.38. The molecule has 0 saturated carbocycles. The van der Waals surface area contributed by atoms with E-state index in [1.807, 2.05) is 20.8 Å². The van der Waals surface area contributed by atoms with Gasteiger partial charge in [-0.1, -0.05) is 0 Å². The van der Waals surface area contributed by atoms with E-state index in [-0.39, 0.29) is 11.1 Å². The maximum Gasteiger partial charge on any atom is 0.293 e. The van der Waals surface area contributed by atoms with Crippen LogP contribution < -0.4 is 10.5 Å². The van der Waals surface area contributed by atoms with E-state index in [4.69, 9.17) is 11.6 Å². The van der Waals surface area contributed by atoms with Crippen molar-refractivity contribution in [2.75, 3.05) is 23.9 Å². The van der Waals surface area contributed by atoms with E-state index in [0.717, 1.165) is 19.5 Å². The van der Waals surface area contributed by atoms with Crippen LogP contribution in [0.25, 0.3) is 0 Å². The Kier molecular flexibility index (Phi) is 3.66. The normalized spacial score (nSPS) is 20.4. The van der Waals surface area contributed by atoms with E-state index in [2.05, 4.69) is 9.88 Å². The molecule has 100 valence electrons. The standard InChI is InChI=1S/C13H20ClN3O/c1-13(2,3)17-7-5-15-11(12(17)18)16-6-4-10(8-14)9-16/h5,7,10H,4,6,8-9H2,1-3H3. The molecule has 0 spiro atoms. The summed E-state index contributed by atoms with van der Waals surface area (Å²) >= 11 is 5.87. The predicted molar refractivity (Wildman–Crippen MR) is 74.5 cm³/mol. The lowest BCUT2D eigenvalue weighted by molar-refractivity contribution is 0.382. The molecule has 0 bridgehead atoms. The monoisotopic (exact) mass is 269 g/mol. The van der Waals surface area contributed by atoms with Crippen molar-refractivity contribution in [3.8, 4) is 0 Å². The van der Waals surface area contributed by atoms with Crippen LogP contribution in [-0.4, -0.2) is 28.5 Å². The van der Waals surface area contributed by atoms with Crippen molar-refractivity contribution in [3.63, 3.8) is 0 Å². The van der Waals surface area contributed by atoms with Crippen molar-refractivity contribution < 1.29 is 0 Å². The number of rotatable bonds is 2. The molecule has 1 aromatic heterocycles. The van der Waals surface area contributed by atoms with Gasteiger partial charge in [0.25, 0.3) is 5.56 Å². The first-order valence-corrected chi connectivity index (χ1v) is 6.86. The molecule has 0 aliphatic carbocycles. The topological polar surface area (TPSA) is 38.1 Å². The van der Waals surface area contributed by atoms with Gasteiger partial charge >= 0.3 is 0 Å². The Labute approximate surface area is 113 Å². The number of halogens is 1.